The van der Waals surface area contributed by atoms with Gasteiger partial charge in [-0.15, -0.1) is 0 Å². The van der Waals surface area contributed by atoms with Crippen LogP contribution in [0.15, 0.2) is 33.9 Å². The van der Waals surface area contributed by atoms with Crippen molar-refractivity contribution in [2.75, 3.05) is 12.0 Å². The molecule has 0 unspecified atom stereocenters. The van der Waals surface area contributed by atoms with E-state index in [4.69, 9.17) is 11.6 Å². The highest BCUT2D eigenvalue weighted by atomic mass is 35.5. The second kappa shape index (κ2) is 6.95. The summed E-state index contributed by atoms with van der Waals surface area (Å²) in [4.78, 5) is 26.7. The molecule has 0 radical (unpaired) electrons. The fourth-order valence-electron chi connectivity index (χ4n) is 2.01. The molecule has 1 aromatic heterocycles. The number of aromatic amines is 1. The Morgan fingerprint density at radius 2 is 2.05 bits per heavy atom. The Morgan fingerprint density at radius 1 is 1.33 bits per heavy atom. The first-order chi connectivity index (χ1) is 10.1. The van der Waals surface area contributed by atoms with Crippen LogP contribution in [0.3, 0.4) is 0 Å². The summed E-state index contributed by atoms with van der Waals surface area (Å²) in [7, 11) is 0. The molecular weight excluding hydrogens is 315 g/mol. The van der Waals surface area contributed by atoms with Gasteiger partial charge in [-0.05, 0) is 24.5 Å². The summed E-state index contributed by atoms with van der Waals surface area (Å²) in [5.74, 6) is 0.267. The molecule has 7 heteroatoms. The van der Waals surface area contributed by atoms with Crippen molar-refractivity contribution in [3.63, 3.8) is 0 Å². The Kier molecular flexibility index (Phi) is 5.25. The van der Waals surface area contributed by atoms with Crippen LogP contribution in [0.25, 0.3) is 11.1 Å². The van der Waals surface area contributed by atoms with Crippen molar-refractivity contribution < 1.29 is 4.39 Å². The molecule has 0 atom stereocenters. The van der Waals surface area contributed by atoms with Crippen LogP contribution in [0.5, 0.6) is 0 Å². The number of rotatable bonds is 5. The number of benzene rings is 1. The van der Waals surface area contributed by atoms with Crippen LogP contribution < -0.4 is 11.2 Å². The fraction of sp³-hybridized carbons (Fsp3) is 0.286. The molecule has 21 heavy (non-hydrogen) atoms. The number of aromatic nitrogens is 2. The fourth-order valence-corrected chi connectivity index (χ4v) is 2.69. The molecule has 0 saturated heterocycles. The molecule has 0 aliphatic heterocycles. The standard InChI is InChI=1S/C14H14ClFN2O2S/c1-21-8-4-7-18-13(19)11(12(15)17-14(18)20)9-5-2-3-6-10(9)16/h2-3,5-6H,4,7-8H2,1H3,(H,17,20). The predicted octanol–water partition coefficient (Wildman–Crippen LogP) is 2.75. The monoisotopic (exact) mass is 328 g/mol. The molecule has 0 aliphatic rings. The van der Waals surface area contributed by atoms with E-state index in [1.807, 2.05) is 6.26 Å². The van der Waals surface area contributed by atoms with E-state index in [0.717, 1.165) is 10.3 Å². The molecule has 1 heterocycles. The lowest BCUT2D eigenvalue weighted by atomic mass is 10.1. The second-order valence-electron chi connectivity index (χ2n) is 4.40. The average molecular weight is 329 g/mol. The topological polar surface area (TPSA) is 54.9 Å². The van der Waals surface area contributed by atoms with Crippen molar-refractivity contribution in [2.24, 2.45) is 0 Å². The molecule has 0 saturated carbocycles. The third kappa shape index (κ3) is 3.39. The summed E-state index contributed by atoms with van der Waals surface area (Å²) in [6.07, 6.45) is 2.61. The highest BCUT2D eigenvalue weighted by Crippen LogP contribution is 2.24. The normalized spacial score (nSPS) is 10.8. The number of halogens is 2. The van der Waals surface area contributed by atoms with E-state index in [1.54, 1.807) is 17.8 Å². The second-order valence-corrected chi connectivity index (χ2v) is 5.77. The van der Waals surface area contributed by atoms with Crippen molar-refractivity contribution in [2.45, 2.75) is 13.0 Å². The van der Waals surface area contributed by atoms with Crippen LogP contribution in [0.1, 0.15) is 6.42 Å². The van der Waals surface area contributed by atoms with E-state index in [-0.39, 0.29) is 22.8 Å². The molecule has 2 aromatic rings. The van der Waals surface area contributed by atoms with Crippen molar-refractivity contribution in [3.05, 3.63) is 56.1 Å². The SMILES string of the molecule is CSCCCn1c(=O)[nH]c(Cl)c(-c2ccccc2F)c1=O. The first-order valence-corrected chi connectivity index (χ1v) is 8.10. The van der Waals surface area contributed by atoms with Gasteiger partial charge in [-0.3, -0.25) is 14.3 Å². The van der Waals surface area contributed by atoms with Gasteiger partial charge in [0.05, 0.1) is 5.56 Å². The molecule has 1 aromatic carbocycles. The molecule has 0 aliphatic carbocycles. The Labute approximate surface area is 130 Å². The molecule has 1 N–H and O–H groups in total. The molecule has 4 nitrogen and oxygen atoms in total. The van der Waals surface area contributed by atoms with E-state index < -0.39 is 17.1 Å². The van der Waals surface area contributed by atoms with Crippen LogP contribution >= 0.6 is 23.4 Å². The Bertz CT molecular complexity index is 757. The van der Waals surface area contributed by atoms with E-state index >= 15 is 0 Å². The van der Waals surface area contributed by atoms with E-state index in [1.165, 1.54) is 18.2 Å². The molecule has 0 bridgehead atoms. The summed E-state index contributed by atoms with van der Waals surface area (Å²) in [5.41, 5.74) is -1.08. The average Bonchev–Trinajstić information content (AvgIpc) is 2.44. The number of nitrogens with one attached hydrogen (secondary N) is 1. The lowest BCUT2D eigenvalue weighted by Crippen LogP contribution is -2.36. The van der Waals surface area contributed by atoms with Gasteiger partial charge in [-0.2, -0.15) is 11.8 Å². The van der Waals surface area contributed by atoms with Crippen molar-refractivity contribution >= 4 is 23.4 Å². The van der Waals surface area contributed by atoms with Crippen LogP contribution in [0.4, 0.5) is 4.39 Å². The minimum absolute atomic E-state index is 0.0153. The number of H-pyrrole nitrogens is 1. The highest BCUT2D eigenvalue weighted by molar-refractivity contribution is 7.98. The van der Waals surface area contributed by atoms with E-state index in [0.29, 0.717) is 6.42 Å². The summed E-state index contributed by atoms with van der Waals surface area (Å²) >= 11 is 7.56. The van der Waals surface area contributed by atoms with Gasteiger partial charge in [-0.25, -0.2) is 9.18 Å². The minimum atomic E-state index is -0.578. The van der Waals surface area contributed by atoms with Crippen molar-refractivity contribution in [1.29, 1.82) is 0 Å². The zero-order valence-corrected chi connectivity index (χ0v) is 12.9. The van der Waals surface area contributed by atoms with Gasteiger partial charge >= 0.3 is 5.69 Å². The quantitative estimate of drug-likeness (QED) is 0.678. The van der Waals surface area contributed by atoms with Crippen LogP contribution in [-0.4, -0.2) is 21.6 Å². The maximum Gasteiger partial charge on any atom is 0.329 e. The Hall–Kier alpha value is -1.53. The maximum absolute atomic E-state index is 13.9. The first kappa shape index (κ1) is 15.9. The zero-order chi connectivity index (χ0) is 15.4. The van der Waals surface area contributed by atoms with Gasteiger partial charge in [0.1, 0.15) is 11.0 Å². The summed E-state index contributed by atoms with van der Waals surface area (Å²) in [5, 5.41) is -0.142. The molecule has 0 spiro atoms. The zero-order valence-electron chi connectivity index (χ0n) is 11.4. The molecule has 112 valence electrons. The lowest BCUT2D eigenvalue weighted by Gasteiger charge is -2.09. The van der Waals surface area contributed by atoms with Gasteiger partial charge < -0.3 is 0 Å². The van der Waals surface area contributed by atoms with Crippen LogP contribution in [0, 0.1) is 5.82 Å². The number of hydrogen-bond donors (Lipinski definition) is 1. The van der Waals surface area contributed by atoms with Crippen LogP contribution in [-0.2, 0) is 6.54 Å². The largest absolute Gasteiger partial charge is 0.329 e. The molecular formula is C14H14ClFN2O2S. The van der Waals surface area contributed by atoms with E-state index in [2.05, 4.69) is 4.98 Å². The number of thioether (sulfide) groups is 1. The summed E-state index contributed by atoms with van der Waals surface area (Å²) < 4.78 is 14.9. The summed E-state index contributed by atoms with van der Waals surface area (Å²) in [6, 6.07) is 5.84. The molecule has 2 rings (SSSR count). The number of nitrogens with zero attached hydrogens (tertiary/aromatic N) is 1. The molecule has 0 fully saturated rings. The smallest absolute Gasteiger partial charge is 0.297 e. The van der Waals surface area contributed by atoms with Gasteiger partial charge in [0.15, 0.2) is 0 Å². The van der Waals surface area contributed by atoms with Gasteiger partial charge in [0.25, 0.3) is 5.56 Å². The molecule has 0 amide bonds. The predicted molar refractivity (Wildman–Crippen MR) is 84.7 cm³/mol. The Morgan fingerprint density at radius 3 is 2.71 bits per heavy atom. The van der Waals surface area contributed by atoms with Gasteiger partial charge in [-0.1, -0.05) is 29.8 Å². The van der Waals surface area contributed by atoms with Crippen LogP contribution in [0.2, 0.25) is 5.15 Å². The Balaban J connectivity index is 2.57. The summed E-state index contributed by atoms with van der Waals surface area (Å²) in [6.45, 7) is 0.271. The van der Waals surface area contributed by atoms with Gasteiger partial charge in [0, 0.05) is 12.1 Å². The maximum atomic E-state index is 13.9. The third-order valence-electron chi connectivity index (χ3n) is 3.01. The van der Waals surface area contributed by atoms with Crippen molar-refractivity contribution in [1.82, 2.24) is 9.55 Å². The third-order valence-corrected chi connectivity index (χ3v) is 3.99. The first-order valence-electron chi connectivity index (χ1n) is 6.32. The lowest BCUT2D eigenvalue weighted by molar-refractivity contribution is 0.614. The van der Waals surface area contributed by atoms with E-state index in [9.17, 15) is 14.0 Å². The highest BCUT2D eigenvalue weighted by Gasteiger charge is 2.17. The minimum Gasteiger partial charge on any atom is -0.297 e. The van der Waals surface area contributed by atoms with Gasteiger partial charge in [0.2, 0.25) is 0 Å². The van der Waals surface area contributed by atoms with Crippen molar-refractivity contribution in [3.8, 4) is 11.1 Å². The number of hydrogen-bond acceptors (Lipinski definition) is 3.